The van der Waals surface area contributed by atoms with Crippen LogP contribution in [0.2, 0.25) is 0 Å². The molecule has 0 spiro atoms. The van der Waals surface area contributed by atoms with E-state index in [2.05, 4.69) is 12.7 Å². The molecule has 0 bridgehead atoms. The fourth-order valence-electron chi connectivity index (χ4n) is 4.80. The van der Waals surface area contributed by atoms with Gasteiger partial charge in [-0.05, 0) is 20.3 Å². The van der Waals surface area contributed by atoms with E-state index in [0.29, 0.717) is 12.8 Å². The second-order valence-electron chi connectivity index (χ2n) is 10.7. The van der Waals surface area contributed by atoms with E-state index in [1.807, 2.05) is 0 Å². The molecule has 0 saturated carbocycles. The highest BCUT2D eigenvalue weighted by atomic mass is 35.5. The summed E-state index contributed by atoms with van der Waals surface area (Å²) in [5.74, 6) is -6.67. The lowest BCUT2D eigenvalue weighted by molar-refractivity contribution is -0.461. The van der Waals surface area contributed by atoms with E-state index in [0.717, 1.165) is 46.0 Å². The van der Waals surface area contributed by atoms with E-state index in [-0.39, 0.29) is 18.8 Å². The van der Waals surface area contributed by atoms with Gasteiger partial charge in [-0.15, -0.1) is 0 Å². The van der Waals surface area contributed by atoms with Crippen LogP contribution in [0.5, 0.6) is 0 Å². The summed E-state index contributed by atoms with van der Waals surface area (Å²) < 4.78 is 0. The van der Waals surface area contributed by atoms with Crippen LogP contribution in [0.3, 0.4) is 0 Å². The number of aliphatic hydroxyl groups is 8. The fraction of sp³-hybridized carbons (Fsp3) is 0.846. The molecule has 0 amide bonds. The van der Waals surface area contributed by atoms with Gasteiger partial charge in [0.2, 0.25) is 17.1 Å². The number of Topliss-reactive ketones (excluding diaryl/α,β-unsaturated/α-hetero) is 4. The Bertz CT molecular complexity index is 837. The maximum Gasteiger partial charge on any atom is 0.238 e. The topological polar surface area (TPSA) is 258 Å². The molecule has 0 aromatic heterocycles. The van der Waals surface area contributed by atoms with Crippen molar-refractivity contribution in [1.29, 1.82) is 0 Å². The second kappa shape index (κ2) is 17.5. The molecule has 40 heavy (non-hydrogen) atoms. The molecule has 0 rings (SSSR count). The highest BCUT2D eigenvalue weighted by molar-refractivity contribution is 6.26. The first-order valence-electron chi connectivity index (χ1n) is 13.3. The summed E-state index contributed by atoms with van der Waals surface area (Å²) in [4.78, 5) is 55.0. The van der Waals surface area contributed by atoms with Crippen molar-refractivity contribution in [2.45, 2.75) is 108 Å². The largest absolute Gasteiger partial charge is 1.00 e. The van der Waals surface area contributed by atoms with Gasteiger partial charge in [-0.2, -0.15) is 0 Å². The molecule has 0 saturated heterocycles. The molecule has 11 N–H and O–H groups in total. The summed E-state index contributed by atoms with van der Waals surface area (Å²) in [6.07, 6.45) is 0.170. The maximum atomic E-state index is 13.9. The van der Waals surface area contributed by atoms with Gasteiger partial charge in [0.1, 0.15) is 23.4 Å². The number of hydrogen-bond acceptors (Lipinski definition) is 12. The number of carbonyl (C=O) groups excluding carboxylic acids is 4. The third kappa shape index (κ3) is 8.81. The van der Waals surface area contributed by atoms with Crippen molar-refractivity contribution in [2.24, 2.45) is 5.41 Å². The molecule has 0 fully saturated rings. The highest BCUT2D eigenvalue weighted by Gasteiger charge is 2.74. The Hall–Kier alpha value is -1.39. The Morgan fingerprint density at radius 2 is 1.05 bits per heavy atom. The minimum absolute atomic E-state index is 0. The number of ketones is 4. The van der Waals surface area contributed by atoms with Gasteiger partial charge in [-0.1, -0.05) is 58.3 Å². The van der Waals surface area contributed by atoms with E-state index in [1.54, 1.807) is 0 Å². The smallest absolute Gasteiger partial charge is 0.238 e. The van der Waals surface area contributed by atoms with Gasteiger partial charge >= 0.3 is 0 Å². The highest BCUT2D eigenvalue weighted by Crippen LogP contribution is 2.44. The Morgan fingerprint density at radius 3 is 1.45 bits per heavy atom. The van der Waals surface area contributed by atoms with Gasteiger partial charge in [0.25, 0.3) is 0 Å². The Balaban J connectivity index is 0. The Morgan fingerprint density at radius 1 is 0.675 bits per heavy atom. The van der Waals surface area contributed by atoms with Crippen LogP contribution in [0, 0.1) is 5.41 Å². The van der Waals surface area contributed by atoms with Crippen molar-refractivity contribution in [2.75, 3.05) is 26.4 Å². The summed E-state index contributed by atoms with van der Waals surface area (Å²) >= 11 is 0. The number of hydrogen-bond donors (Lipinski definition) is 9. The number of carbonyl (C=O) groups is 4. The molecule has 6 unspecified atom stereocenters. The number of rotatable bonds is 22. The lowest BCUT2D eigenvalue weighted by Gasteiger charge is -2.46. The minimum Gasteiger partial charge on any atom is -1.00 e. The molecular formula is C26H48ClNO12. The fourth-order valence-corrected chi connectivity index (χ4v) is 4.80. The first-order chi connectivity index (χ1) is 18.0. The molecule has 6 atom stereocenters. The molecule has 0 aliphatic carbocycles. The van der Waals surface area contributed by atoms with Crippen LogP contribution >= 0.6 is 0 Å². The summed E-state index contributed by atoms with van der Waals surface area (Å²) in [5.41, 5.74) is -8.59. The SMILES string of the molecule is CCCCCCCCCCC(C(=O)C(O)CO)(C(=O)C(C)(O)CO)C([NH3+])(C(=O)C(O)CO)C(=O)C(C)(O)CO.[Cl-]. The summed E-state index contributed by atoms with van der Waals surface area (Å²) in [6, 6.07) is 0. The third-order valence-corrected chi connectivity index (χ3v) is 7.30. The standard InChI is InChI=1S/C26H47NO12.ClH/c1-4-5-6-7-8-9-10-11-12-25(19(34)17(32)13-28,21(36)23(2,38)15-30)26(27,20(35)18(33)14-29)22(37)24(3,39)16-31;/h17-18,28-33,38-39H,4-16,27H2,1-3H3;1H. The average molecular weight is 602 g/mol. The first-order valence-corrected chi connectivity index (χ1v) is 13.3. The number of quaternary nitrogens is 1. The normalized spacial score (nSPS) is 19.1. The monoisotopic (exact) mass is 601 g/mol. The zero-order chi connectivity index (χ0) is 30.7. The molecule has 236 valence electrons. The Labute approximate surface area is 240 Å². The van der Waals surface area contributed by atoms with Crippen LogP contribution in [0.1, 0.15) is 78.6 Å². The number of unbranched alkanes of at least 4 members (excludes halogenated alkanes) is 7. The Kier molecular flexibility index (Phi) is 17.9. The molecule has 0 aromatic carbocycles. The van der Waals surface area contributed by atoms with Crippen LogP contribution in [0.4, 0.5) is 0 Å². The van der Waals surface area contributed by atoms with E-state index < -0.39 is 90.3 Å². The first kappa shape index (κ1) is 40.7. The molecule has 14 heteroatoms. The molecular weight excluding hydrogens is 554 g/mol. The van der Waals surface area contributed by atoms with Crippen molar-refractivity contribution < 1.29 is 78.2 Å². The lowest BCUT2D eigenvalue weighted by atomic mass is 9.53. The van der Waals surface area contributed by atoms with E-state index in [4.69, 9.17) is 0 Å². The lowest BCUT2D eigenvalue weighted by Crippen LogP contribution is -3.00. The van der Waals surface area contributed by atoms with Crippen molar-refractivity contribution >= 4 is 23.1 Å². The average Bonchev–Trinajstić information content (AvgIpc) is 2.93. The van der Waals surface area contributed by atoms with Crippen LogP contribution in [0.25, 0.3) is 0 Å². The molecule has 0 aliphatic heterocycles. The van der Waals surface area contributed by atoms with Gasteiger partial charge in [-0.25, -0.2) is 0 Å². The summed E-state index contributed by atoms with van der Waals surface area (Å²) in [6.45, 7) is -1.57. The predicted octanol–water partition coefficient (Wildman–Crippen LogP) is -6.04. The van der Waals surface area contributed by atoms with E-state index >= 15 is 0 Å². The van der Waals surface area contributed by atoms with Crippen LogP contribution in [-0.2, 0) is 19.2 Å². The van der Waals surface area contributed by atoms with Crippen molar-refractivity contribution in [3.05, 3.63) is 0 Å². The zero-order valence-corrected chi connectivity index (χ0v) is 24.4. The zero-order valence-electron chi connectivity index (χ0n) is 23.6. The van der Waals surface area contributed by atoms with Gasteiger partial charge in [0.05, 0.1) is 26.4 Å². The molecule has 13 nitrogen and oxygen atoms in total. The predicted molar refractivity (Wildman–Crippen MR) is 137 cm³/mol. The number of aliphatic hydroxyl groups excluding tert-OH is 6. The van der Waals surface area contributed by atoms with Gasteiger partial charge in [0.15, 0.2) is 17.0 Å². The minimum atomic E-state index is -3.33. The van der Waals surface area contributed by atoms with Crippen LogP contribution in [-0.4, -0.2) is 119 Å². The van der Waals surface area contributed by atoms with Crippen molar-refractivity contribution in [3.8, 4) is 0 Å². The quantitative estimate of drug-likeness (QED) is 0.0415. The molecule has 0 aromatic rings. The van der Waals surface area contributed by atoms with E-state index in [9.17, 15) is 60.0 Å². The summed E-state index contributed by atoms with van der Waals surface area (Å²) in [7, 11) is 0. The second-order valence-corrected chi connectivity index (χ2v) is 10.7. The van der Waals surface area contributed by atoms with Crippen molar-refractivity contribution in [3.63, 3.8) is 0 Å². The van der Waals surface area contributed by atoms with Gasteiger partial charge in [-0.3, -0.25) is 19.2 Å². The maximum absolute atomic E-state index is 13.9. The van der Waals surface area contributed by atoms with Gasteiger partial charge in [0, 0.05) is 0 Å². The van der Waals surface area contributed by atoms with Crippen molar-refractivity contribution in [1.82, 2.24) is 0 Å². The molecule has 0 aliphatic rings. The van der Waals surface area contributed by atoms with Crippen LogP contribution in [0.15, 0.2) is 0 Å². The molecule has 0 radical (unpaired) electrons. The van der Waals surface area contributed by atoms with Crippen LogP contribution < -0.4 is 18.1 Å². The number of halogens is 1. The molecule has 0 heterocycles. The third-order valence-electron chi connectivity index (χ3n) is 7.30. The van der Waals surface area contributed by atoms with E-state index in [1.165, 1.54) is 0 Å². The summed E-state index contributed by atoms with van der Waals surface area (Å²) in [5, 5.41) is 80.5. The van der Waals surface area contributed by atoms with Gasteiger partial charge < -0.3 is 59.0 Å².